The highest BCUT2D eigenvalue weighted by atomic mass is 19.1. The van der Waals surface area contributed by atoms with Crippen LogP contribution in [0.1, 0.15) is 0 Å². The Kier molecular flexibility index (Phi) is 2.79. The summed E-state index contributed by atoms with van der Waals surface area (Å²) in [5.74, 6) is -0.222. The average Bonchev–Trinajstić information content (AvgIpc) is 2.44. The van der Waals surface area contributed by atoms with Crippen LogP contribution in [0.2, 0.25) is 0 Å². The van der Waals surface area contributed by atoms with Crippen molar-refractivity contribution in [2.45, 2.75) is 0 Å². The van der Waals surface area contributed by atoms with Crippen LogP contribution < -0.4 is 5.56 Å². The molecule has 0 aliphatic carbocycles. The molecule has 0 bridgehead atoms. The number of halogens is 1. The second-order valence-corrected chi connectivity index (χ2v) is 4.70. The van der Waals surface area contributed by atoms with E-state index in [-0.39, 0.29) is 17.1 Å². The number of fused-ring (bicyclic) bond motifs is 1. The Bertz CT molecular complexity index is 851. The first-order chi connectivity index (χ1) is 9.56. The van der Waals surface area contributed by atoms with Crippen LogP contribution in [0.4, 0.5) is 4.39 Å². The molecular formula is C16H12FNO2. The fourth-order valence-electron chi connectivity index (χ4n) is 2.31. The molecule has 1 aromatic heterocycles. The highest BCUT2D eigenvalue weighted by Crippen LogP contribution is 2.29. The van der Waals surface area contributed by atoms with Crippen LogP contribution in [0.3, 0.4) is 0 Å². The maximum absolute atomic E-state index is 13.0. The average molecular weight is 269 g/mol. The van der Waals surface area contributed by atoms with Crippen LogP contribution in [0.15, 0.2) is 53.5 Å². The third-order valence-corrected chi connectivity index (χ3v) is 3.32. The smallest absolute Gasteiger partial charge is 0.258 e. The topological polar surface area (TPSA) is 42.2 Å². The van der Waals surface area contributed by atoms with Gasteiger partial charge in [0.2, 0.25) is 0 Å². The van der Waals surface area contributed by atoms with Crippen LogP contribution in [0.25, 0.3) is 21.9 Å². The van der Waals surface area contributed by atoms with Crippen molar-refractivity contribution < 1.29 is 9.50 Å². The molecule has 1 N–H and O–H groups in total. The number of phenols is 1. The molecule has 3 aromatic rings. The molecule has 0 amide bonds. The number of hydrogen-bond donors (Lipinski definition) is 1. The zero-order valence-corrected chi connectivity index (χ0v) is 10.8. The molecule has 0 radical (unpaired) electrons. The van der Waals surface area contributed by atoms with E-state index in [1.807, 2.05) is 0 Å². The molecule has 0 aliphatic rings. The van der Waals surface area contributed by atoms with E-state index in [0.717, 1.165) is 11.1 Å². The van der Waals surface area contributed by atoms with E-state index in [9.17, 15) is 14.3 Å². The van der Waals surface area contributed by atoms with E-state index < -0.39 is 0 Å². The molecule has 20 heavy (non-hydrogen) atoms. The number of nitrogens with zero attached hydrogens (tertiary/aromatic N) is 1. The summed E-state index contributed by atoms with van der Waals surface area (Å²) in [5.41, 5.74) is 1.43. The largest absolute Gasteiger partial charge is 0.508 e. The number of aromatic nitrogens is 1. The zero-order chi connectivity index (χ0) is 14.3. The maximum atomic E-state index is 13.0. The van der Waals surface area contributed by atoms with Gasteiger partial charge in [-0.25, -0.2) is 4.39 Å². The van der Waals surface area contributed by atoms with Gasteiger partial charge in [0.25, 0.3) is 5.56 Å². The van der Waals surface area contributed by atoms with Crippen molar-refractivity contribution in [3.8, 4) is 16.9 Å². The summed E-state index contributed by atoms with van der Waals surface area (Å²) in [6, 6.07) is 10.7. The van der Waals surface area contributed by atoms with Gasteiger partial charge in [-0.3, -0.25) is 4.79 Å². The molecule has 0 unspecified atom stereocenters. The third kappa shape index (κ3) is 1.95. The minimum atomic E-state index is -0.314. The lowest BCUT2D eigenvalue weighted by molar-refractivity contribution is 0.476. The van der Waals surface area contributed by atoms with Crippen molar-refractivity contribution >= 4 is 10.8 Å². The molecule has 0 aliphatic heterocycles. The molecule has 4 heteroatoms. The lowest BCUT2D eigenvalue weighted by Gasteiger charge is -2.10. The van der Waals surface area contributed by atoms with Gasteiger partial charge in [-0.1, -0.05) is 12.1 Å². The van der Waals surface area contributed by atoms with Gasteiger partial charge in [-0.05, 0) is 35.9 Å². The number of hydrogen-bond acceptors (Lipinski definition) is 2. The summed E-state index contributed by atoms with van der Waals surface area (Å²) in [6.07, 6.45) is 1.69. The lowest BCUT2D eigenvalue weighted by Crippen LogP contribution is -2.16. The van der Waals surface area contributed by atoms with E-state index in [2.05, 4.69) is 0 Å². The Morgan fingerprint density at radius 1 is 1.05 bits per heavy atom. The summed E-state index contributed by atoms with van der Waals surface area (Å²) in [6.45, 7) is 0. The Morgan fingerprint density at radius 2 is 1.75 bits per heavy atom. The predicted octanol–water partition coefficient (Wildman–Crippen LogP) is 3.05. The highest BCUT2D eigenvalue weighted by molar-refractivity contribution is 5.96. The summed E-state index contributed by atoms with van der Waals surface area (Å²) in [5, 5.41) is 10.8. The van der Waals surface area contributed by atoms with E-state index >= 15 is 0 Å². The molecule has 3 rings (SSSR count). The Hall–Kier alpha value is -2.62. The van der Waals surface area contributed by atoms with Crippen molar-refractivity contribution in [2.24, 2.45) is 7.05 Å². The van der Waals surface area contributed by atoms with Crippen molar-refractivity contribution in [3.05, 3.63) is 64.8 Å². The number of pyridine rings is 1. The third-order valence-electron chi connectivity index (χ3n) is 3.32. The second-order valence-electron chi connectivity index (χ2n) is 4.70. The van der Waals surface area contributed by atoms with Crippen LogP contribution >= 0.6 is 0 Å². The van der Waals surface area contributed by atoms with Gasteiger partial charge < -0.3 is 9.67 Å². The van der Waals surface area contributed by atoms with Crippen molar-refractivity contribution in [1.82, 2.24) is 4.57 Å². The number of aryl methyl sites for hydroxylation is 1. The minimum Gasteiger partial charge on any atom is -0.508 e. The second kappa shape index (κ2) is 4.49. The first kappa shape index (κ1) is 12.4. The molecule has 2 aromatic carbocycles. The normalized spacial score (nSPS) is 10.9. The molecule has 100 valence electrons. The number of benzene rings is 2. The van der Waals surface area contributed by atoms with Gasteiger partial charge in [0.1, 0.15) is 11.6 Å². The fraction of sp³-hybridized carbons (Fsp3) is 0.0625. The van der Waals surface area contributed by atoms with Crippen molar-refractivity contribution in [2.75, 3.05) is 0 Å². The molecule has 0 fully saturated rings. The summed E-state index contributed by atoms with van der Waals surface area (Å²) in [7, 11) is 1.67. The SMILES string of the molecule is Cn1cc(-c2ccc(F)cc2)c2cc(O)ccc2c1=O. The molecule has 0 saturated carbocycles. The van der Waals surface area contributed by atoms with E-state index in [0.29, 0.717) is 10.8 Å². The Morgan fingerprint density at radius 3 is 2.45 bits per heavy atom. The Balaban J connectivity index is 2.40. The van der Waals surface area contributed by atoms with Crippen molar-refractivity contribution in [3.63, 3.8) is 0 Å². The fourth-order valence-corrected chi connectivity index (χ4v) is 2.31. The van der Waals surface area contributed by atoms with E-state index in [4.69, 9.17) is 0 Å². The van der Waals surface area contributed by atoms with Gasteiger partial charge >= 0.3 is 0 Å². The van der Waals surface area contributed by atoms with Crippen LogP contribution in [-0.4, -0.2) is 9.67 Å². The monoisotopic (exact) mass is 269 g/mol. The number of rotatable bonds is 1. The van der Waals surface area contributed by atoms with E-state index in [1.165, 1.54) is 22.8 Å². The summed E-state index contributed by atoms with van der Waals surface area (Å²) in [4.78, 5) is 12.1. The molecular weight excluding hydrogens is 257 g/mol. The van der Waals surface area contributed by atoms with Gasteiger partial charge in [-0.2, -0.15) is 0 Å². The molecule has 0 atom stereocenters. The first-order valence-electron chi connectivity index (χ1n) is 6.14. The predicted molar refractivity (Wildman–Crippen MR) is 76.2 cm³/mol. The quantitative estimate of drug-likeness (QED) is 0.737. The standard InChI is InChI=1S/C16H12FNO2/c1-18-9-15(10-2-4-11(17)5-3-10)14-8-12(19)6-7-13(14)16(18)20/h2-9,19H,1H3. The molecule has 0 spiro atoms. The van der Waals surface area contributed by atoms with Crippen molar-refractivity contribution in [1.29, 1.82) is 0 Å². The summed E-state index contributed by atoms with van der Waals surface area (Å²) >= 11 is 0. The minimum absolute atomic E-state index is 0.0918. The molecule has 3 nitrogen and oxygen atoms in total. The Labute approximate surface area is 114 Å². The van der Waals surface area contributed by atoms with Gasteiger partial charge in [0, 0.05) is 29.6 Å². The van der Waals surface area contributed by atoms with Crippen LogP contribution in [0.5, 0.6) is 5.75 Å². The lowest BCUT2D eigenvalue weighted by atomic mass is 10.0. The van der Waals surface area contributed by atoms with Crippen LogP contribution in [-0.2, 0) is 7.05 Å². The zero-order valence-electron chi connectivity index (χ0n) is 10.8. The summed E-state index contributed by atoms with van der Waals surface area (Å²) < 4.78 is 14.5. The van der Waals surface area contributed by atoms with Gasteiger partial charge in [0.15, 0.2) is 0 Å². The number of aromatic hydroxyl groups is 1. The van der Waals surface area contributed by atoms with Gasteiger partial charge in [-0.15, -0.1) is 0 Å². The maximum Gasteiger partial charge on any atom is 0.258 e. The van der Waals surface area contributed by atoms with Gasteiger partial charge in [0.05, 0.1) is 0 Å². The molecule has 0 saturated heterocycles. The van der Waals surface area contributed by atoms with Crippen LogP contribution in [0, 0.1) is 5.82 Å². The van der Waals surface area contributed by atoms with E-state index in [1.54, 1.807) is 37.5 Å². The number of phenolic OH excluding ortho intramolecular Hbond substituents is 1. The molecule has 1 heterocycles. The highest BCUT2D eigenvalue weighted by Gasteiger charge is 2.09. The first-order valence-corrected chi connectivity index (χ1v) is 6.14.